The zero-order chi connectivity index (χ0) is 18.7. The molecule has 0 saturated heterocycles. The maximum absolute atomic E-state index is 13.6. The predicted octanol–water partition coefficient (Wildman–Crippen LogP) is 3.75. The van der Waals surface area contributed by atoms with Crippen LogP contribution in [0.15, 0.2) is 42.5 Å². The monoisotopic (exact) mass is 359 g/mol. The van der Waals surface area contributed by atoms with Crippen molar-refractivity contribution in [3.8, 4) is 0 Å². The van der Waals surface area contributed by atoms with E-state index in [1.165, 1.54) is 6.07 Å². The molecule has 0 unspecified atom stereocenters. The van der Waals surface area contributed by atoms with Crippen molar-refractivity contribution in [2.24, 2.45) is 5.92 Å². The van der Waals surface area contributed by atoms with Crippen LogP contribution in [0.5, 0.6) is 0 Å². The number of nitrogens with one attached hydrogen (secondary N) is 3. The Bertz CT molecular complexity index is 820. The van der Waals surface area contributed by atoms with Crippen molar-refractivity contribution in [3.63, 3.8) is 0 Å². The van der Waals surface area contributed by atoms with Crippen LogP contribution in [-0.4, -0.2) is 17.9 Å². The Hall–Kier alpha value is -2.96. The second-order valence-electron chi connectivity index (χ2n) is 6.32. The molecule has 0 aromatic heterocycles. The highest BCUT2D eigenvalue weighted by Gasteiger charge is 2.29. The van der Waals surface area contributed by atoms with Crippen molar-refractivity contribution in [2.45, 2.75) is 25.8 Å². The van der Waals surface area contributed by atoms with E-state index in [9.17, 15) is 18.4 Å². The van der Waals surface area contributed by atoms with E-state index in [1.807, 2.05) is 0 Å². The molecule has 5 nitrogen and oxygen atoms in total. The number of amides is 2. The smallest absolute Gasteiger partial charge is 0.246 e. The summed E-state index contributed by atoms with van der Waals surface area (Å²) in [6, 6.07) is 9.28. The molecule has 0 radical (unpaired) electrons. The van der Waals surface area contributed by atoms with Crippen LogP contribution < -0.4 is 16.0 Å². The van der Waals surface area contributed by atoms with Crippen LogP contribution in [0.4, 0.5) is 25.8 Å². The Kier molecular flexibility index (Phi) is 5.16. The van der Waals surface area contributed by atoms with Gasteiger partial charge in [0.1, 0.15) is 17.7 Å². The van der Waals surface area contributed by atoms with E-state index in [0.717, 1.165) is 18.9 Å². The van der Waals surface area contributed by atoms with Gasteiger partial charge in [-0.05, 0) is 56.2 Å². The van der Waals surface area contributed by atoms with Crippen LogP contribution in [0.3, 0.4) is 0 Å². The molecule has 0 bridgehead atoms. The summed E-state index contributed by atoms with van der Waals surface area (Å²) in [5, 5.41) is 8.23. The summed E-state index contributed by atoms with van der Waals surface area (Å²) in [6.07, 6.45) is 1.87. The van der Waals surface area contributed by atoms with Crippen LogP contribution >= 0.6 is 0 Å². The van der Waals surface area contributed by atoms with E-state index in [-0.39, 0.29) is 17.5 Å². The number of halogens is 2. The standard InChI is InChI=1S/C19H19F2N3O2/c1-11(18(25)24-17-9-4-13(20)10-16(17)21)22-14-5-7-15(8-6-14)23-19(26)12-2-3-12/h4-12,22H,2-3H2,1H3,(H,23,26)(H,24,25)/t11-/m1/s1. The zero-order valence-electron chi connectivity index (χ0n) is 14.2. The SMILES string of the molecule is C[C@@H](Nc1ccc(NC(=O)C2CC2)cc1)C(=O)Nc1ccc(F)cc1F. The maximum atomic E-state index is 13.6. The largest absolute Gasteiger partial charge is 0.374 e. The van der Waals surface area contributed by atoms with Crippen LogP contribution in [-0.2, 0) is 9.59 Å². The molecule has 2 amide bonds. The number of hydrogen-bond donors (Lipinski definition) is 3. The van der Waals surface area contributed by atoms with E-state index >= 15 is 0 Å². The van der Waals surface area contributed by atoms with Gasteiger partial charge in [-0.3, -0.25) is 9.59 Å². The van der Waals surface area contributed by atoms with Gasteiger partial charge in [-0.25, -0.2) is 8.78 Å². The molecule has 1 fully saturated rings. The number of rotatable bonds is 6. The molecule has 0 spiro atoms. The van der Waals surface area contributed by atoms with Gasteiger partial charge in [0.25, 0.3) is 0 Å². The zero-order valence-corrected chi connectivity index (χ0v) is 14.2. The molecular formula is C19H19F2N3O2. The molecule has 0 aliphatic heterocycles. The number of hydrogen-bond acceptors (Lipinski definition) is 3. The fraction of sp³-hybridized carbons (Fsp3) is 0.263. The summed E-state index contributed by atoms with van der Waals surface area (Å²) < 4.78 is 26.5. The molecule has 2 aromatic rings. The lowest BCUT2D eigenvalue weighted by Crippen LogP contribution is -2.32. The topological polar surface area (TPSA) is 70.2 Å². The first-order valence-corrected chi connectivity index (χ1v) is 8.36. The fourth-order valence-electron chi connectivity index (χ4n) is 2.39. The van der Waals surface area contributed by atoms with E-state index in [0.29, 0.717) is 17.4 Å². The van der Waals surface area contributed by atoms with E-state index in [4.69, 9.17) is 0 Å². The molecular weight excluding hydrogens is 340 g/mol. The van der Waals surface area contributed by atoms with Crippen molar-refractivity contribution >= 4 is 28.9 Å². The second-order valence-corrected chi connectivity index (χ2v) is 6.32. The highest BCUT2D eigenvalue weighted by molar-refractivity contribution is 5.96. The Labute approximate surface area is 149 Å². The average molecular weight is 359 g/mol. The average Bonchev–Trinajstić information content (AvgIpc) is 3.44. The molecule has 1 aliphatic carbocycles. The summed E-state index contributed by atoms with van der Waals surface area (Å²) in [4.78, 5) is 23.9. The molecule has 26 heavy (non-hydrogen) atoms. The Morgan fingerprint density at radius 2 is 1.65 bits per heavy atom. The van der Waals surface area contributed by atoms with Gasteiger partial charge in [0.2, 0.25) is 11.8 Å². The Morgan fingerprint density at radius 1 is 1.00 bits per heavy atom. The Balaban J connectivity index is 1.55. The summed E-state index contributed by atoms with van der Waals surface area (Å²) >= 11 is 0. The maximum Gasteiger partial charge on any atom is 0.246 e. The lowest BCUT2D eigenvalue weighted by molar-refractivity contribution is -0.117. The van der Waals surface area contributed by atoms with Gasteiger partial charge in [0.15, 0.2) is 0 Å². The molecule has 1 atom stereocenters. The molecule has 2 aromatic carbocycles. The first-order chi connectivity index (χ1) is 12.4. The normalized spacial score (nSPS) is 14.4. The predicted molar refractivity (Wildman–Crippen MR) is 95.9 cm³/mol. The Morgan fingerprint density at radius 3 is 2.27 bits per heavy atom. The molecule has 3 rings (SSSR count). The lowest BCUT2D eigenvalue weighted by atomic mass is 10.2. The molecule has 3 N–H and O–H groups in total. The third-order valence-corrected chi connectivity index (χ3v) is 4.07. The van der Waals surface area contributed by atoms with Gasteiger partial charge >= 0.3 is 0 Å². The number of carbonyl (C=O) groups is 2. The van der Waals surface area contributed by atoms with Crippen molar-refractivity contribution in [2.75, 3.05) is 16.0 Å². The van der Waals surface area contributed by atoms with Crippen molar-refractivity contribution < 1.29 is 18.4 Å². The van der Waals surface area contributed by atoms with Gasteiger partial charge in [0.05, 0.1) is 5.69 Å². The van der Waals surface area contributed by atoms with Gasteiger partial charge < -0.3 is 16.0 Å². The summed E-state index contributed by atoms with van der Waals surface area (Å²) in [6.45, 7) is 1.62. The fourth-order valence-corrected chi connectivity index (χ4v) is 2.39. The second kappa shape index (κ2) is 7.51. The molecule has 1 aliphatic rings. The summed E-state index contributed by atoms with van der Waals surface area (Å²) in [5.74, 6) is -1.84. The minimum absolute atomic E-state index is 0.0276. The molecule has 1 saturated carbocycles. The van der Waals surface area contributed by atoms with Gasteiger partial charge in [-0.15, -0.1) is 0 Å². The summed E-state index contributed by atoms with van der Waals surface area (Å²) in [7, 11) is 0. The van der Waals surface area contributed by atoms with Crippen molar-refractivity contribution in [3.05, 3.63) is 54.1 Å². The lowest BCUT2D eigenvalue weighted by Gasteiger charge is -2.16. The van der Waals surface area contributed by atoms with Crippen molar-refractivity contribution in [1.29, 1.82) is 0 Å². The van der Waals surface area contributed by atoms with Crippen LogP contribution in [0.1, 0.15) is 19.8 Å². The van der Waals surface area contributed by atoms with Crippen LogP contribution in [0.25, 0.3) is 0 Å². The summed E-state index contributed by atoms with van der Waals surface area (Å²) in [5.41, 5.74) is 1.29. The number of anilines is 3. The minimum Gasteiger partial charge on any atom is -0.374 e. The number of carbonyl (C=O) groups excluding carboxylic acids is 2. The molecule has 136 valence electrons. The third-order valence-electron chi connectivity index (χ3n) is 4.07. The molecule has 7 heteroatoms. The quantitative estimate of drug-likeness (QED) is 0.736. The van der Waals surface area contributed by atoms with Crippen LogP contribution in [0, 0.1) is 17.6 Å². The van der Waals surface area contributed by atoms with Crippen molar-refractivity contribution in [1.82, 2.24) is 0 Å². The highest BCUT2D eigenvalue weighted by atomic mass is 19.1. The van der Waals surface area contributed by atoms with E-state index < -0.39 is 23.6 Å². The van der Waals surface area contributed by atoms with Gasteiger partial charge in [0, 0.05) is 23.4 Å². The third kappa shape index (κ3) is 4.56. The van der Waals surface area contributed by atoms with Gasteiger partial charge in [-0.1, -0.05) is 0 Å². The van der Waals surface area contributed by atoms with E-state index in [2.05, 4.69) is 16.0 Å². The first-order valence-electron chi connectivity index (χ1n) is 8.36. The van der Waals surface area contributed by atoms with E-state index in [1.54, 1.807) is 31.2 Å². The highest BCUT2D eigenvalue weighted by Crippen LogP contribution is 2.30. The molecule has 0 heterocycles. The first kappa shape index (κ1) is 17.8. The van der Waals surface area contributed by atoms with Gasteiger partial charge in [-0.2, -0.15) is 0 Å². The number of benzene rings is 2. The minimum atomic E-state index is -0.832. The van der Waals surface area contributed by atoms with Crippen LogP contribution in [0.2, 0.25) is 0 Å².